The number of fused-ring (bicyclic) bond motifs is 1. The standard InChI is InChI=1S/C29H26N4O4S2/c1-20(31-32-29-30-24-14-5-6-15-27(24)38-29)25-17-18-26(37-25)22-12-8-13-23(19-22)39(35,36)33-28(34)16-7-11-21-9-3-2-4-10-21/h2-6,8-10,12-15,17-19H,7,11,16H2,1H3,(H,30,32)(H,33,34). The Morgan fingerprint density at radius 3 is 2.59 bits per heavy atom. The molecule has 0 spiro atoms. The van der Waals surface area contributed by atoms with Crippen LogP contribution in [-0.4, -0.2) is 25.0 Å². The summed E-state index contributed by atoms with van der Waals surface area (Å²) in [5.41, 5.74) is 6.14. The number of furan rings is 1. The summed E-state index contributed by atoms with van der Waals surface area (Å²) < 4.78 is 34.9. The van der Waals surface area contributed by atoms with E-state index in [2.05, 4.69) is 20.2 Å². The quantitative estimate of drug-likeness (QED) is 0.155. The normalized spacial score (nSPS) is 12.0. The lowest BCUT2D eigenvalue weighted by molar-refractivity contribution is -0.119. The molecule has 1 amide bonds. The van der Waals surface area contributed by atoms with Gasteiger partial charge in [-0.1, -0.05) is 65.9 Å². The third-order valence-electron chi connectivity index (χ3n) is 5.96. The first-order valence-corrected chi connectivity index (χ1v) is 14.6. The Labute approximate surface area is 230 Å². The van der Waals surface area contributed by atoms with Gasteiger partial charge in [-0.3, -0.25) is 10.2 Å². The molecular weight excluding hydrogens is 532 g/mol. The molecule has 198 valence electrons. The molecule has 0 saturated carbocycles. The summed E-state index contributed by atoms with van der Waals surface area (Å²) in [4.78, 5) is 16.8. The topological polar surface area (TPSA) is 114 Å². The number of para-hydroxylation sites is 1. The van der Waals surface area contributed by atoms with E-state index in [1.807, 2.05) is 54.6 Å². The SMILES string of the molecule is CC(=NNc1nc2ccccc2s1)c1ccc(-c2cccc(S(=O)(=O)NC(=O)CCCc3ccccc3)c2)o1. The molecule has 0 aliphatic rings. The molecule has 0 radical (unpaired) electrons. The van der Waals surface area contributed by atoms with Crippen LogP contribution < -0.4 is 10.1 Å². The monoisotopic (exact) mass is 558 g/mol. The van der Waals surface area contributed by atoms with Gasteiger partial charge < -0.3 is 4.42 Å². The van der Waals surface area contributed by atoms with Crippen LogP contribution in [-0.2, 0) is 21.2 Å². The average Bonchev–Trinajstić information content (AvgIpc) is 3.60. The third kappa shape index (κ3) is 6.60. The number of carbonyl (C=O) groups is 1. The van der Waals surface area contributed by atoms with Crippen LogP contribution in [0.5, 0.6) is 0 Å². The second kappa shape index (κ2) is 11.6. The Kier molecular flexibility index (Phi) is 7.85. The van der Waals surface area contributed by atoms with Crippen LogP contribution in [0.15, 0.2) is 105 Å². The Bertz CT molecular complexity index is 1710. The van der Waals surface area contributed by atoms with Crippen LogP contribution >= 0.6 is 11.3 Å². The molecule has 2 aromatic heterocycles. The van der Waals surface area contributed by atoms with Gasteiger partial charge in [0.15, 0.2) is 5.76 Å². The van der Waals surface area contributed by atoms with E-state index in [4.69, 9.17) is 4.42 Å². The first-order chi connectivity index (χ1) is 18.9. The molecule has 5 rings (SSSR count). The van der Waals surface area contributed by atoms with Crippen molar-refractivity contribution in [1.82, 2.24) is 9.71 Å². The molecule has 0 fully saturated rings. The Hall–Kier alpha value is -4.28. The maximum atomic E-state index is 12.9. The lowest BCUT2D eigenvalue weighted by atomic mass is 10.1. The zero-order valence-electron chi connectivity index (χ0n) is 21.1. The number of anilines is 1. The number of hydrogen-bond acceptors (Lipinski definition) is 8. The van der Waals surface area contributed by atoms with E-state index in [1.54, 1.807) is 31.2 Å². The van der Waals surface area contributed by atoms with Gasteiger partial charge in [0.25, 0.3) is 10.0 Å². The fourth-order valence-corrected chi connectivity index (χ4v) is 5.84. The number of carbonyl (C=O) groups excluding carboxylic acids is 1. The number of amides is 1. The molecule has 0 atom stereocenters. The highest BCUT2D eigenvalue weighted by Gasteiger charge is 2.19. The van der Waals surface area contributed by atoms with Crippen LogP contribution in [0, 0.1) is 0 Å². The molecular formula is C29H26N4O4S2. The maximum absolute atomic E-state index is 12.9. The highest BCUT2D eigenvalue weighted by molar-refractivity contribution is 7.90. The molecule has 8 nitrogen and oxygen atoms in total. The predicted molar refractivity (Wildman–Crippen MR) is 154 cm³/mol. The average molecular weight is 559 g/mol. The van der Waals surface area contributed by atoms with E-state index in [9.17, 15) is 13.2 Å². The number of hydrazone groups is 1. The fraction of sp³-hybridized carbons (Fsp3) is 0.138. The molecule has 39 heavy (non-hydrogen) atoms. The van der Waals surface area contributed by atoms with Gasteiger partial charge in [0.05, 0.1) is 15.1 Å². The van der Waals surface area contributed by atoms with Crippen molar-refractivity contribution in [3.05, 3.63) is 102 Å². The number of nitrogens with one attached hydrogen (secondary N) is 2. The summed E-state index contributed by atoms with van der Waals surface area (Å²) in [6.07, 6.45) is 1.36. The Balaban J connectivity index is 1.22. The summed E-state index contributed by atoms with van der Waals surface area (Å²) in [5, 5.41) is 5.05. The van der Waals surface area contributed by atoms with Crippen molar-refractivity contribution in [3.8, 4) is 11.3 Å². The van der Waals surface area contributed by atoms with Crippen molar-refractivity contribution in [2.75, 3.05) is 5.43 Å². The first-order valence-electron chi connectivity index (χ1n) is 12.3. The second-order valence-corrected chi connectivity index (χ2v) is 11.6. The van der Waals surface area contributed by atoms with E-state index in [1.165, 1.54) is 23.5 Å². The van der Waals surface area contributed by atoms with Crippen molar-refractivity contribution in [2.24, 2.45) is 5.10 Å². The van der Waals surface area contributed by atoms with Crippen molar-refractivity contribution < 1.29 is 17.6 Å². The fourth-order valence-electron chi connectivity index (χ4n) is 3.97. The zero-order chi connectivity index (χ0) is 27.2. The molecule has 3 aromatic carbocycles. The maximum Gasteiger partial charge on any atom is 0.264 e. The minimum Gasteiger partial charge on any atom is -0.455 e. The molecule has 0 saturated heterocycles. The molecule has 0 aliphatic carbocycles. The van der Waals surface area contributed by atoms with Crippen LogP contribution in [0.25, 0.3) is 21.5 Å². The molecule has 0 aliphatic heterocycles. The summed E-state index contributed by atoms with van der Waals surface area (Å²) in [5.74, 6) is 0.466. The number of nitrogens with zero attached hydrogens (tertiary/aromatic N) is 2. The molecule has 2 heterocycles. The van der Waals surface area contributed by atoms with E-state index in [-0.39, 0.29) is 11.3 Å². The van der Waals surface area contributed by atoms with Crippen molar-refractivity contribution in [3.63, 3.8) is 0 Å². The van der Waals surface area contributed by atoms with Crippen LogP contribution in [0.4, 0.5) is 5.13 Å². The van der Waals surface area contributed by atoms with Gasteiger partial charge in [-0.05, 0) is 61.7 Å². The van der Waals surface area contributed by atoms with Gasteiger partial charge in [-0.2, -0.15) is 5.10 Å². The van der Waals surface area contributed by atoms with Crippen molar-refractivity contribution in [2.45, 2.75) is 31.1 Å². The lowest BCUT2D eigenvalue weighted by Crippen LogP contribution is -2.30. The summed E-state index contributed by atoms with van der Waals surface area (Å²) >= 11 is 1.50. The summed E-state index contributed by atoms with van der Waals surface area (Å²) in [6.45, 7) is 1.80. The number of thiazole rings is 1. The lowest BCUT2D eigenvalue weighted by Gasteiger charge is -2.08. The van der Waals surface area contributed by atoms with Crippen molar-refractivity contribution >= 4 is 48.3 Å². The number of aromatic nitrogens is 1. The Morgan fingerprint density at radius 2 is 1.77 bits per heavy atom. The molecule has 2 N–H and O–H groups in total. The van der Waals surface area contributed by atoms with Gasteiger partial charge in [-0.25, -0.2) is 18.1 Å². The highest BCUT2D eigenvalue weighted by atomic mass is 32.2. The van der Waals surface area contributed by atoms with Gasteiger partial charge in [0.1, 0.15) is 11.5 Å². The molecule has 0 unspecified atom stereocenters. The van der Waals surface area contributed by atoms with Gasteiger partial charge in [0.2, 0.25) is 11.0 Å². The van der Waals surface area contributed by atoms with Gasteiger partial charge in [-0.15, -0.1) is 0 Å². The number of aryl methyl sites for hydroxylation is 1. The van der Waals surface area contributed by atoms with Gasteiger partial charge in [0, 0.05) is 12.0 Å². The number of sulfonamides is 1. The number of rotatable bonds is 10. The molecule has 5 aromatic rings. The highest BCUT2D eigenvalue weighted by Crippen LogP contribution is 2.27. The first kappa shape index (κ1) is 26.3. The third-order valence-corrected chi connectivity index (χ3v) is 8.28. The number of benzene rings is 3. The second-order valence-electron chi connectivity index (χ2n) is 8.86. The minimum absolute atomic E-state index is 0.0164. The molecule has 0 bridgehead atoms. The Morgan fingerprint density at radius 1 is 0.974 bits per heavy atom. The largest absolute Gasteiger partial charge is 0.455 e. The number of hydrogen-bond donors (Lipinski definition) is 2. The van der Waals surface area contributed by atoms with Crippen molar-refractivity contribution in [1.29, 1.82) is 0 Å². The summed E-state index contributed by atoms with van der Waals surface area (Å²) in [7, 11) is -4.03. The van der Waals surface area contributed by atoms with Crippen LogP contribution in [0.1, 0.15) is 31.1 Å². The van der Waals surface area contributed by atoms with E-state index < -0.39 is 15.9 Å². The molecule has 10 heteroatoms. The van der Waals surface area contributed by atoms with E-state index in [0.29, 0.717) is 40.8 Å². The van der Waals surface area contributed by atoms with E-state index >= 15 is 0 Å². The minimum atomic E-state index is -4.03. The smallest absolute Gasteiger partial charge is 0.264 e. The van der Waals surface area contributed by atoms with Gasteiger partial charge >= 0.3 is 0 Å². The summed E-state index contributed by atoms with van der Waals surface area (Å²) in [6, 6.07) is 27.4. The zero-order valence-corrected chi connectivity index (χ0v) is 22.8. The van der Waals surface area contributed by atoms with Crippen LogP contribution in [0.2, 0.25) is 0 Å². The van der Waals surface area contributed by atoms with Crippen LogP contribution in [0.3, 0.4) is 0 Å². The predicted octanol–water partition coefficient (Wildman–Crippen LogP) is 6.22. The van der Waals surface area contributed by atoms with E-state index in [0.717, 1.165) is 15.8 Å².